The van der Waals surface area contributed by atoms with Gasteiger partial charge in [-0.1, -0.05) is 41.5 Å². The summed E-state index contributed by atoms with van der Waals surface area (Å²) in [7, 11) is 0. The van der Waals surface area contributed by atoms with Gasteiger partial charge in [-0.25, -0.2) is 0 Å². The summed E-state index contributed by atoms with van der Waals surface area (Å²) in [5.41, 5.74) is -1.55. The van der Waals surface area contributed by atoms with E-state index >= 15 is 0 Å². The van der Waals surface area contributed by atoms with E-state index in [1.807, 2.05) is 41.5 Å². The number of hydrogen-bond donors (Lipinski definition) is 0. The summed E-state index contributed by atoms with van der Waals surface area (Å²) in [5, 5.41) is 0. The van der Waals surface area contributed by atoms with Crippen molar-refractivity contribution in [2.75, 3.05) is 13.2 Å². The first-order chi connectivity index (χ1) is 11.7. The Balaban J connectivity index is 4.74. The van der Waals surface area contributed by atoms with E-state index in [9.17, 15) is 31.5 Å². The summed E-state index contributed by atoms with van der Waals surface area (Å²) in [4.78, 5) is 23.9. The maximum absolute atomic E-state index is 12.7. The predicted octanol–water partition coefficient (Wildman–Crippen LogP) is 5.15. The van der Waals surface area contributed by atoms with Gasteiger partial charge in [-0.2, -0.15) is 22.0 Å². The summed E-state index contributed by atoms with van der Waals surface area (Å²) < 4.78 is 70.5. The molecule has 0 aliphatic carbocycles. The van der Waals surface area contributed by atoms with E-state index in [-0.39, 0.29) is 5.41 Å². The van der Waals surface area contributed by atoms with Gasteiger partial charge in [0.25, 0.3) is 0 Å². The minimum atomic E-state index is -5.80. The Morgan fingerprint density at radius 1 is 0.815 bits per heavy atom. The molecule has 1 unspecified atom stereocenters. The molecule has 160 valence electrons. The maximum Gasteiger partial charge on any atom is 0.456 e. The Bertz CT molecular complexity index is 529. The van der Waals surface area contributed by atoms with Crippen molar-refractivity contribution in [2.45, 2.75) is 73.4 Å². The topological polar surface area (TPSA) is 52.6 Å². The Morgan fingerprint density at radius 3 is 1.67 bits per heavy atom. The second-order valence-corrected chi connectivity index (χ2v) is 9.07. The van der Waals surface area contributed by atoms with Crippen molar-refractivity contribution in [3.63, 3.8) is 0 Å². The number of alkyl halides is 5. The van der Waals surface area contributed by atoms with Crippen LogP contribution in [0.5, 0.6) is 0 Å². The molecule has 0 bridgehead atoms. The third kappa shape index (κ3) is 7.62. The molecular formula is C18H29F5O4. The van der Waals surface area contributed by atoms with Gasteiger partial charge < -0.3 is 9.47 Å². The molecule has 1 atom stereocenters. The quantitative estimate of drug-likeness (QED) is 0.435. The molecule has 0 saturated carbocycles. The van der Waals surface area contributed by atoms with Gasteiger partial charge in [0.05, 0.1) is 11.8 Å². The average Bonchev–Trinajstić information content (AvgIpc) is 2.40. The normalized spacial score (nSPS) is 15.9. The molecule has 0 rings (SSSR count). The summed E-state index contributed by atoms with van der Waals surface area (Å²) in [6.45, 7) is 10.7. The number of halogens is 5. The number of carbonyl (C=O) groups excluding carboxylic acids is 2. The van der Waals surface area contributed by atoms with Gasteiger partial charge >= 0.3 is 24.0 Å². The van der Waals surface area contributed by atoms with E-state index in [0.29, 0.717) is 6.42 Å². The minimum absolute atomic E-state index is 0.191. The fourth-order valence-corrected chi connectivity index (χ4v) is 2.42. The number of rotatable bonds is 7. The van der Waals surface area contributed by atoms with Gasteiger partial charge in [0, 0.05) is 0 Å². The summed E-state index contributed by atoms with van der Waals surface area (Å²) in [5.74, 6) is -7.00. The lowest BCUT2D eigenvalue weighted by molar-refractivity contribution is -0.294. The fourth-order valence-electron chi connectivity index (χ4n) is 2.42. The van der Waals surface area contributed by atoms with Crippen LogP contribution in [0.4, 0.5) is 22.0 Å². The van der Waals surface area contributed by atoms with E-state index in [1.54, 1.807) is 6.92 Å². The van der Waals surface area contributed by atoms with E-state index < -0.39 is 54.5 Å². The van der Waals surface area contributed by atoms with Crippen LogP contribution in [0.15, 0.2) is 0 Å². The molecular weight excluding hydrogens is 375 g/mol. The lowest BCUT2D eigenvalue weighted by Gasteiger charge is -2.43. The van der Waals surface area contributed by atoms with Crippen LogP contribution >= 0.6 is 0 Å². The molecule has 9 heteroatoms. The smallest absolute Gasteiger partial charge is 0.456 e. The molecule has 0 radical (unpaired) electrons. The highest BCUT2D eigenvalue weighted by molar-refractivity contribution is 5.78. The highest BCUT2D eigenvalue weighted by atomic mass is 19.4. The second kappa shape index (κ2) is 8.31. The van der Waals surface area contributed by atoms with E-state index in [4.69, 9.17) is 4.74 Å². The van der Waals surface area contributed by atoms with Gasteiger partial charge in [-0.15, -0.1) is 0 Å². The fraction of sp³-hybridized carbons (Fsp3) is 0.889. The van der Waals surface area contributed by atoms with Crippen molar-refractivity contribution in [3.8, 4) is 0 Å². The number of hydrogen-bond acceptors (Lipinski definition) is 4. The van der Waals surface area contributed by atoms with Gasteiger partial charge in [0.2, 0.25) is 0 Å². The molecule has 4 nitrogen and oxygen atoms in total. The molecule has 0 fully saturated rings. The van der Waals surface area contributed by atoms with Crippen molar-refractivity contribution >= 4 is 11.9 Å². The summed E-state index contributed by atoms with van der Waals surface area (Å²) in [6, 6.07) is 0. The van der Waals surface area contributed by atoms with Crippen molar-refractivity contribution in [2.24, 2.45) is 16.2 Å². The maximum atomic E-state index is 12.7. The van der Waals surface area contributed by atoms with Crippen LogP contribution in [0, 0.1) is 16.2 Å². The third-order valence-corrected chi connectivity index (χ3v) is 4.36. The highest BCUT2D eigenvalue weighted by Crippen LogP contribution is 2.47. The molecule has 0 aliphatic rings. The predicted molar refractivity (Wildman–Crippen MR) is 89.2 cm³/mol. The standard InChI is InChI=1S/C18H29F5O4/c1-14(2,3)10-16(7,15(4,5)6)13(25)26-9-8-12(24)27-11-17(19,20)18(21,22)23/h8-11H2,1-7H3. The Kier molecular flexibility index (Phi) is 7.87. The van der Waals surface area contributed by atoms with Gasteiger partial charge in [-0.05, 0) is 24.2 Å². The lowest BCUT2D eigenvalue weighted by Crippen LogP contribution is -2.44. The van der Waals surface area contributed by atoms with Crippen LogP contribution in [0.1, 0.15) is 61.3 Å². The first kappa shape index (κ1) is 25.6. The number of esters is 2. The van der Waals surface area contributed by atoms with Crippen LogP contribution in [-0.4, -0.2) is 37.3 Å². The average molecular weight is 404 g/mol. The van der Waals surface area contributed by atoms with E-state index in [1.165, 1.54) is 0 Å². The van der Waals surface area contributed by atoms with Crippen LogP contribution < -0.4 is 0 Å². The largest absolute Gasteiger partial charge is 0.465 e. The van der Waals surface area contributed by atoms with Crippen molar-refractivity contribution < 1.29 is 41.0 Å². The molecule has 0 aromatic carbocycles. The Labute approximate surface area is 156 Å². The second-order valence-electron chi connectivity index (χ2n) is 9.07. The molecule has 0 N–H and O–H groups in total. The van der Waals surface area contributed by atoms with Gasteiger partial charge in [0.15, 0.2) is 6.61 Å². The van der Waals surface area contributed by atoms with Crippen LogP contribution in [0.2, 0.25) is 0 Å². The molecule has 0 aromatic rings. The molecule has 0 aromatic heterocycles. The first-order valence-corrected chi connectivity index (χ1v) is 8.50. The minimum Gasteiger partial charge on any atom is -0.465 e. The van der Waals surface area contributed by atoms with Crippen molar-refractivity contribution in [1.82, 2.24) is 0 Å². The SMILES string of the molecule is CC(C)(C)CC(C)(C(=O)OCCC(=O)OCC(F)(F)C(F)(F)F)C(C)(C)C. The summed E-state index contributed by atoms with van der Waals surface area (Å²) in [6.07, 6.45) is -5.93. The molecule has 0 saturated heterocycles. The number of ether oxygens (including phenoxy) is 2. The van der Waals surface area contributed by atoms with Crippen molar-refractivity contribution in [3.05, 3.63) is 0 Å². The highest BCUT2D eigenvalue weighted by Gasteiger charge is 2.58. The Morgan fingerprint density at radius 2 is 1.30 bits per heavy atom. The van der Waals surface area contributed by atoms with Crippen molar-refractivity contribution in [1.29, 1.82) is 0 Å². The van der Waals surface area contributed by atoms with Gasteiger partial charge in [-0.3, -0.25) is 9.59 Å². The zero-order valence-corrected chi connectivity index (χ0v) is 16.9. The van der Waals surface area contributed by atoms with E-state index in [0.717, 1.165) is 0 Å². The molecule has 0 heterocycles. The van der Waals surface area contributed by atoms with E-state index in [2.05, 4.69) is 4.74 Å². The van der Waals surface area contributed by atoms with Gasteiger partial charge in [0.1, 0.15) is 6.61 Å². The molecule has 0 spiro atoms. The third-order valence-electron chi connectivity index (χ3n) is 4.36. The first-order valence-electron chi connectivity index (χ1n) is 8.50. The van der Waals surface area contributed by atoms with Crippen LogP contribution in [0.25, 0.3) is 0 Å². The molecule has 27 heavy (non-hydrogen) atoms. The number of carbonyl (C=O) groups is 2. The lowest BCUT2D eigenvalue weighted by atomic mass is 9.61. The zero-order valence-electron chi connectivity index (χ0n) is 16.9. The zero-order chi connectivity index (χ0) is 21.9. The molecule has 0 amide bonds. The monoisotopic (exact) mass is 404 g/mol. The molecule has 0 aliphatic heterocycles. The van der Waals surface area contributed by atoms with Crippen LogP contribution in [0.3, 0.4) is 0 Å². The summed E-state index contributed by atoms with van der Waals surface area (Å²) >= 11 is 0. The Hall–Kier alpha value is -1.41. The van der Waals surface area contributed by atoms with Crippen LogP contribution in [-0.2, 0) is 19.1 Å².